The molecule has 0 atom stereocenters. The molecule has 0 unspecified atom stereocenters. The molecule has 0 amide bonds. The maximum Gasteiger partial charge on any atom is 0.416 e. The van der Waals surface area contributed by atoms with Crippen LogP contribution in [0.1, 0.15) is 28.3 Å². The van der Waals surface area contributed by atoms with Gasteiger partial charge >= 0.3 is 6.18 Å². The number of phenolic OH excluding ortho intramolecular Hbond substituents is 1. The molecule has 0 fully saturated rings. The van der Waals surface area contributed by atoms with Crippen molar-refractivity contribution in [2.75, 3.05) is 0 Å². The summed E-state index contributed by atoms with van der Waals surface area (Å²) < 4.78 is 43.0. The van der Waals surface area contributed by atoms with Crippen molar-refractivity contribution in [1.29, 1.82) is 0 Å². The molecule has 0 saturated heterocycles. The Balaban J connectivity index is 1.59. The second kappa shape index (κ2) is 7.47. The lowest BCUT2D eigenvalue weighted by Gasteiger charge is -2.05. The van der Waals surface area contributed by atoms with E-state index in [1.165, 1.54) is 12.1 Å². The number of nitrogens with zero attached hydrogens (tertiary/aromatic N) is 1. The van der Waals surface area contributed by atoms with Crippen LogP contribution in [0, 0.1) is 0 Å². The summed E-state index contributed by atoms with van der Waals surface area (Å²) in [5.41, 5.74) is 1.81. The number of rotatable bonds is 5. The minimum absolute atomic E-state index is 0.228. The van der Waals surface area contributed by atoms with Gasteiger partial charge in [-0.25, -0.2) is 4.98 Å². The summed E-state index contributed by atoms with van der Waals surface area (Å²) in [6, 6.07) is 11.8. The molecule has 0 saturated carbocycles. The topological polar surface area (TPSA) is 46.3 Å². The summed E-state index contributed by atoms with van der Waals surface area (Å²) in [4.78, 5) is 4.33. The van der Waals surface area contributed by atoms with Crippen LogP contribution >= 0.6 is 0 Å². The maximum absolute atomic E-state index is 12.5. The van der Waals surface area contributed by atoms with Crippen molar-refractivity contribution < 1.29 is 22.7 Å². The minimum atomic E-state index is -4.34. The van der Waals surface area contributed by atoms with Gasteiger partial charge in [0, 0.05) is 6.08 Å². The first kappa shape index (κ1) is 17.8. The molecule has 0 radical (unpaired) electrons. The fourth-order valence-corrected chi connectivity index (χ4v) is 2.40. The average Bonchev–Trinajstić information content (AvgIpc) is 3.07. The number of phenols is 1. The van der Waals surface area contributed by atoms with Crippen LogP contribution in [-0.2, 0) is 19.0 Å². The van der Waals surface area contributed by atoms with E-state index in [0.29, 0.717) is 17.9 Å². The van der Waals surface area contributed by atoms with Crippen molar-refractivity contribution >= 4 is 12.2 Å². The maximum atomic E-state index is 12.5. The third-order valence-electron chi connectivity index (χ3n) is 3.83. The predicted octanol–water partition coefficient (Wildman–Crippen LogP) is 5.35. The molecule has 1 heterocycles. The fourth-order valence-electron chi connectivity index (χ4n) is 2.40. The van der Waals surface area contributed by atoms with Crippen LogP contribution in [0.4, 0.5) is 13.2 Å². The van der Waals surface area contributed by atoms with Crippen molar-refractivity contribution in [2.24, 2.45) is 0 Å². The predicted molar refractivity (Wildman–Crippen MR) is 92.4 cm³/mol. The van der Waals surface area contributed by atoms with Crippen molar-refractivity contribution in [1.82, 2.24) is 4.98 Å². The summed E-state index contributed by atoms with van der Waals surface area (Å²) in [6.07, 6.45) is 1.93. The second-order valence-electron chi connectivity index (χ2n) is 5.80. The van der Waals surface area contributed by atoms with E-state index in [0.717, 1.165) is 29.8 Å². The van der Waals surface area contributed by atoms with Gasteiger partial charge in [0.25, 0.3) is 0 Å². The molecule has 1 N–H and O–H groups in total. The fraction of sp³-hybridized carbons (Fsp3) is 0.150. The van der Waals surface area contributed by atoms with Gasteiger partial charge in [-0.1, -0.05) is 24.3 Å². The van der Waals surface area contributed by atoms with Crippen LogP contribution in [-0.4, -0.2) is 10.1 Å². The second-order valence-corrected chi connectivity index (χ2v) is 5.80. The molecule has 134 valence electrons. The Kier molecular flexibility index (Phi) is 5.11. The average molecular weight is 359 g/mol. The van der Waals surface area contributed by atoms with Gasteiger partial charge in [-0.3, -0.25) is 0 Å². The third kappa shape index (κ3) is 4.75. The SMILES string of the molecule is Oc1ccc(CCc2coc(/C=C/c3ccc(C(F)(F)F)cc3)n2)cc1. The summed E-state index contributed by atoms with van der Waals surface area (Å²) in [5.74, 6) is 0.622. The van der Waals surface area contributed by atoms with Crippen LogP contribution in [0.5, 0.6) is 5.75 Å². The van der Waals surface area contributed by atoms with E-state index in [1.807, 2.05) is 12.1 Å². The summed E-state index contributed by atoms with van der Waals surface area (Å²) >= 11 is 0. The van der Waals surface area contributed by atoms with Crippen LogP contribution in [0.2, 0.25) is 0 Å². The van der Waals surface area contributed by atoms with Crippen LogP contribution in [0.15, 0.2) is 59.2 Å². The number of hydrogen-bond donors (Lipinski definition) is 1. The number of aromatic hydroxyl groups is 1. The van der Waals surface area contributed by atoms with Gasteiger partial charge in [0.15, 0.2) is 0 Å². The zero-order valence-electron chi connectivity index (χ0n) is 13.7. The molecule has 0 bridgehead atoms. The van der Waals surface area contributed by atoms with E-state index in [4.69, 9.17) is 4.42 Å². The summed E-state index contributed by atoms with van der Waals surface area (Å²) in [5, 5.41) is 9.26. The Labute approximate surface area is 148 Å². The van der Waals surface area contributed by atoms with Gasteiger partial charge in [0.2, 0.25) is 5.89 Å². The molecule has 2 aromatic carbocycles. The highest BCUT2D eigenvalue weighted by atomic mass is 19.4. The summed E-state index contributed by atoms with van der Waals surface area (Å²) in [7, 11) is 0. The normalized spacial score (nSPS) is 12.0. The number of alkyl halides is 3. The van der Waals surface area contributed by atoms with Gasteiger partial charge in [0.1, 0.15) is 12.0 Å². The Morgan fingerprint density at radius 1 is 0.923 bits per heavy atom. The smallest absolute Gasteiger partial charge is 0.416 e. The quantitative estimate of drug-likeness (QED) is 0.667. The van der Waals surface area contributed by atoms with Gasteiger partial charge in [-0.15, -0.1) is 0 Å². The first-order valence-electron chi connectivity index (χ1n) is 7.98. The highest BCUT2D eigenvalue weighted by molar-refractivity contribution is 5.66. The van der Waals surface area contributed by atoms with Crippen molar-refractivity contribution in [2.45, 2.75) is 19.0 Å². The molecule has 26 heavy (non-hydrogen) atoms. The molecule has 0 aliphatic carbocycles. The molecule has 0 aliphatic heterocycles. The van der Waals surface area contributed by atoms with Crippen molar-refractivity contribution in [3.8, 4) is 5.75 Å². The largest absolute Gasteiger partial charge is 0.508 e. The van der Waals surface area contributed by atoms with Gasteiger partial charge in [-0.2, -0.15) is 13.2 Å². The van der Waals surface area contributed by atoms with Crippen molar-refractivity contribution in [3.05, 3.63) is 83.1 Å². The third-order valence-corrected chi connectivity index (χ3v) is 3.83. The molecule has 0 aliphatic rings. The van der Waals surface area contributed by atoms with Crippen LogP contribution < -0.4 is 0 Å². The Morgan fingerprint density at radius 2 is 1.62 bits per heavy atom. The molecule has 3 rings (SSSR count). The lowest BCUT2D eigenvalue weighted by Crippen LogP contribution is -2.03. The first-order valence-corrected chi connectivity index (χ1v) is 7.98. The molecule has 0 spiro atoms. The lowest BCUT2D eigenvalue weighted by molar-refractivity contribution is -0.137. The van der Waals surface area contributed by atoms with E-state index in [9.17, 15) is 18.3 Å². The van der Waals surface area contributed by atoms with E-state index in [-0.39, 0.29) is 5.75 Å². The van der Waals surface area contributed by atoms with E-state index >= 15 is 0 Å². The molecular formula is C20H16F3NO2. The van der Waals surface area contributed by atoms with Crippen LogP contribution in [0.25, 0.3) is 12.2 Å². The Hall–Kier alpha value is -3.02. The number of aromatic nitrogens is 1. The number of oxazole rings is 1. The highest BCUT2D eigenvalue weighted by Crippen LogP contribution is 2.29. The minimum Gasteiger partial charge on any atom is -0.508 e. The first-order chi connectivity index (χ1) is 12.4. The molecule has 3 aromatic rings. The van der Waals surface area contributed by atoms with E-state index < -0.39 is 11.7 Å². The Morgan fingerprint density at radius 3 is 2.27 bits per heavy atom. The molecule has 3 nitrogen and oxygen atoms in total. The van der Waals surface area contributed by atoms with Gasteiger partial charge < -0.3 is 9.52 Å². The lowest BCUT2D eigenvalue weighted by atomic mass is 10.1. The van der Waals surface area contributed by atoms with Crippen molar-refractivity contribution in [3.63, 3.8) is 0 Å². The van der Waals surface area contributed by atoms with Crippen LogP contribution in [0.3, 0.4) is 0 Å². The molecule has 6 heteroatoms. The summed E-state index contributed by atoms with van der Waals surface area (Å²) in [6.45, 7) is 0. The van der Waals surface area contributed by atoms with E-state index in [1.54, 1.807) is 30.5 Å². The van der Waals surface area contributed by atoms with Gasteiger partial charge in [-0.05, 0) is 54.3 Å². The number of hydrogen-bond acceptors (Lipinski definition) is 3. The molecular weight excluding hydrogens is 343 g/mol. The standard InChI is InChI=1S/C20H16F3NO2/c21-20(22,23)16-7-1-14(2-8-16)6-12-19-24-17(13-26-19)9-3-15-4-10-18(25)11-5-15/h1-2,4-8,10-13,25H,3,9H2/b12-6+. The zero-order chi connectivity index (χ0) is 18.6. The van der Waals surface area contributed by atoms with Gasteiger partial charge in [0.05, 0.1) is 11.3 Å². The number of benzene rings is 2. The Bertz CT molecular complexity index is 879. The molecule has 1 aromatic heterocycles. The van der Waals surface area contributed by atoms with E-state index in [2.05, 4.69) is 4.98 Å². The number of aryl methyl sites for hydroxylation is 2. The highest BCUT2D eigenvalue weighted by Gasteiger charge is 2.29. The number of halogens is 3. The zero-order valence-corrected chi connectivity index (χ0v) is 13.7. The monoisotopic (exact) mass is 359 g/mol.